The molecule has 0 radical (unpaired) electrons. The monoisotopic (exact) mass is 346 g/mol. The van der Waals surface area contributed by atoms with E-state index in [1.807, 2.05) is 50.2 Å². The summed E-state index contributed by atoms with van der Waals surface area (Å²) in [6.07, 6.45) is 0.707. The van der Waals surface area contributed by atoms with Gasteiger partial charge in [-0.3, -0.25) is 0 Å². The Bertz CT molecular complexity index is 704. The predicted octanol–water partition coefficient (Wildman–Crippen LogP) is 4.26. The Kier molecular flexibility index (Phi) is 6.50. The standard InChI is InChI=1S/C19H23ClN2O2/c1-13-8-9-18(24-3)15(12-13)10-11-21-19(23)22-14(2)16-6-4-5-7-17(16)20/h4-9,12,14H,10-11H2,1-3H3,(H2,21,22,23). The van der Waals surface area contributed by atoms with Crippen molar-refractivity contribution in [1.82, 2.24) is 10.6 Å². The summed E-state index contributed by atoms with van der Waals surface area (Å²) in [4.78, 5) is 12.1. The van der Waals surface area contributed by atoms with Crippen LogP contribution in [0.5, 0.6) is 5.75 Å². The number of hydrogen-bond donors (Lipinski definition) is 2. The van der Waals surface area contributed by atoms with Gasteiger partial charge in [0.2, 0.25) is 0 Å². The first kappa shape index (κ1) is 18.1. The van der Waals surface area contributed by atoms with Gasteiger partial charge < -0.3 is 15.4 Å². The number of carbonyl (C=O) groups is 1. The summed E-state index contributed by atoms with van der Waals surface area (Å²) in [5.41, 5.74) is 3.15. The molecule has 2 amide bonds. The maximum Gasteiger partial charge on any atom is 0.315 e. The van der Waals surface area contributed by atoms with Gasteiger partial charge in [-0.1, -0.05) is 47.5 Å². The molecule has 0 spiro atoms. The van der Waals surface area contributed by atoms with E-state index in [1.54, 1.807) is 7.11 Å². The fourth-order valence-electron chi connectivity index (χ4n) is 2.57. The molecule has 4 nitrogen and oxygen atoms in total. The van der Waals surface area contributed by atoms with Crippen molar-refractivity contribution in [1.29, 1.82) is 0 Å². The van der Waals surface area contributed by atoms with Crippen molar-refractivity contribution < 1.29 is 9.53 Å². The first-order valence-corrected chi connectivity index (χ1v) is 8.31. The third kappa shape index (κ3) is 4.90. The third-order valence-electron chi connectivity index (χ3n) is 3.84. The molecule has 5 heteroatoms. The minimum absolute atomic E-state index is 0.160. The van der Waals surface area contributed by atoms with Crippen LogP contribution in [0.4, 0.5) is 4.79 Å². The Balaban J connectivity index is 1.86. The van der Waals surface area contributed by atoms with E-state index in [4.69, 9.17) is 16.3 Å². The summed E-state index contributed by atoms with van der Waals surface area (Å²) in [7, 11) is 1.65. The number of amides is 2. The van der Waals surface area contributed by atoms with E-state index in [0.717, 1.165) is 16.9 Å². The highest BCUT2D eigenvalue weighted by molar-refractivity contribution is 6.31. The van der Waals surface area contributed by atoms with Crippen LogP contribution in [0.25, 0.3) is 0 Å². The topological polar surface area (TPSA) is 50.4 Å². The molecular weight excluding hydrogens is 324 g/mol. The zero-order valence-corrected chi connectivity index (χ0v) is 15.0. The van der Waals surface area contributed by atoms with Crippen molar-refractivity contribution >= 4 is 17.6 Å². The van der Waals surface area contributed by atoms with Crippen LogP contribution in [0.3, 0.4) is 0 Å². The molecule has 2 N–H and O–H groups in total. The van der Waals surface area contributed by atoms with Gasteiger partial charge in [0.1, 0.15) is 5.75 Å². The second-order valence-corrected chi connectivity index (χ2v) is 6.12. The molecule has 0 aromatic heterocycles. The predicted molar refractivity (Wildman–Crippen MR) is 97.8 cm³/mol. The smallest absolute Gasteiger partial charge is 0.315 e. The number of carbonyl (C=O) groups excluding carboxylic acids is 1. The molecular formula is C19H23ClN2O2. The molecule has 0 saturated carbocycles. The lowest BCUT2D eigenvalue weighted by Gasteiger charge is -2.16. The van der Waals surface area contributed by atoms with Crippen LogP contribution in [-0.2, 0) is 6.42 Å². The van der Waals surface area contributed by atoms with Crippen LogP contribution in [0.2, 0.25) is 5.02 Å². The van der Waals surface area contributed by atoms with Crippen LogP contribution in [0.15, 0.2) is 42.5 Å². The maximum atomic E-state index is 12.1. The quantitative estimate of drug-likeness (QED) is 0.821. The summed E-state index contributed by atoms with van der Waals surface area (Å²) in [6.45, 7) is 4.47. The molecule has 24 heavy (non-hydrogen) atoms. The first-order valence-electron chi connectivity index (χ1n) is 7.93. The van der Waals surface area contributed by atoms with Crippen LogP contribution in [-0.4, -0.2) is 19.7 Å². The summed E-state index contributed by atoms with van der Waals surface area (Å²) in [5, 5.41) is 6.42. The van der Waals surface area contributed by atoms with E-state index < -0.39 is 0 Å². The molecule has 0 fully saturated rings. The minimum Gasteiger partial charge on any atom is -0.496 e. The number of halogens is 1. The van der Waals surface area contributed by atoms with Crippen molar-refractivity contribution in [2.75, 3.05) is 13.7 Å². The van der Waals surface area contributed by atoms with Crippen molar-refractivity contribution in [2.45, 2.75) is 26.3 Å². The Morgan fingerprint density at radius 1 is 1.25 bits per heavy atom. The Hall–Kier alpha value is -2.20. The fraction of sp³-hybridized carbons (Fsp3) is 0.316. The van der Waals surface area contributed by atoms with Gasteiger partial charge in [-0.2, -0.15) is 0 Å². The second-order valence-electron chi connectivity index (χ2n) is 5.71. The number of urea groups is 1. The Morgan fingerprint density at radius 3 is 2.71 bits per heavy atom. The average Bonchev–Trinajstić information content (AvgIpc) is 2.55. The Labute approximate surface area is 148 Å². The minimum atomic E-state index is -0.214. The summed E-state index contributed by atoms with van der Waals surface area (Å²) >= 11 is 6.15. The molecule has 2 rings (SSSR count). The number of rotatable bonds is 6. The highest BCUT2D eigenvalue weighted by Crippen LogP contribution is 2.22. The van der Waals surface area contributed by atoms with Gasteiger partial charge >= 0.3 is 6.03 Å². The molecule has 0 saturated heterocycles. The number of benzene rings is 2. The lowest BCUT2D eigenvalue weighted by molar-refractivity contribution is 0.238. The largest absolute Gasteiger partial charge is 0.496 e. The van der Waals surface area contributed by atoms with Crippen molar-refractivity contribution in [3.63, 3.8) is 0 Å². The average molecular weight is 347 g/mol. The van der Waals surface area contributed by atoms with E-state index in [1.165, 1.54) is 5.56 Å². The molecule has 0 aliphatic carbocycles. The third-order valence-corrected chi connectivity index (χ3v) is 4.18. The van der Waals surface area contributed by atoms with Crippen molar-refractivity contribution in [3.8, 4) is 5.75 Å². The molecule has 0 aliphatic heterocycles. The van der Waals surface area contributed by atoms with Gasteiger partial charge in [0.25, 0.3) is 0 Å². The van der Waals surface area contributed by atoms with Gasteiger partial charge in [-0.15, -0.1) is 0 Å². The SMILES string of the molecule is COc1ccc(C)cc1CCNC(=O)NC(C)c1ccccc1Cl. The lowest BCUT2D eigenvalue weighted by Crippen LogP contribution is -2.38. The van der Waals surface area contributed by atoms with Gasteiger partial charge in [-0.05, 0) is 43.5 Å². The number of hydrogen-bond acceptors (Lipinski definition) is 2. The van der Waals surface area contributed by atoms with E-state index in [2.05, 4.69) is 16.7 Å². The summed E-state index contributed by atoms with van der Waals surface area (Å²) in [5.74, 6) is 0.840. The summed E-state index contributed by atoms with van der Waals surface area (Å²) in [6, 6.07) is 13.2. The second kappa shape index (κ2) is 8.60. The number of methoxy groups -OCH3 is 1. The van der Waals surface area contributed by atoms with Crippen LogP contribution in [0.1, 0.15) is 29.7 Å². The molecule has 0 aliphatic rings. The molecule has 0 bridgehead atoms. The van der Waals surface area contributed by atoms with Crippen LogP contribution < -0.4 is 15.4 Å². The maximum absolute atomic E-state index is 12.1. The zero-order chi connectivity index (χ0) is 17.5. The highest BCUT2D eigenvalue weighted by atomic mass is 35.5. The number of nitrogens with one attached hydrogen (secondary N) is 2. The van der Waals surface area contributed by atoms with E-state index in [9.17, 15) is 4.79 Å². The zero-order valence-electron chi connectivity index (χ0n) is 14.2. The van der Waals surface area contributed by atoms with E-state index in [0.29, 0.717) is 18.0 Å². The molecule has 2 aromatic rings. The van der Waals surface area contributed by atoms with Gasteiger partial charge in [-0.25, -0.2) is 4.79 Å². The molecule has 1 atom stereocenters. The number of aryl methyl sites for hydroxylation is 1. The molecule has 128 valence electrons. The lowest BCUT2D eigenvalue weighted by atomic mass is 10.1. The normalized spacial score (nSPS) is 11.7. The van der Waals surface area contributed by atoms with Crippen LogP contribution >= 0.6 is 11.6 Å². The van der Waals surface area contributed by atoms with Gasteiger partial charge in [0.15, 0.2) is 0 Å². The van der Waals surface area contributed by atoms with E-state index >= 15 is 0 Å². The number of ether oxygens (including phenoxy) is 1. The van der Waals surface area contributed by atoms with Gasteiger partial charge in [0.05, 0.1) is 13.2 Å². The van der Waals surface area contributed by atoms with Crippen molar-refractivity contribution in [3.05, 3.63) is 64.2 Å². The Morgan fingerprint density at radius 2 is 2.00 bits per heavy atom. The fourth-order valence-corrected chi connectivity index (χ4v) is 2.86. The van der Waals surface area contributed by atoms with E-state index in [-0.39, 0.29) is 12.1 Å². The highest BCUT2D eigenvalue weighted by Gasteiger charge is 2.12. The van der Waals surface area contributed by atoms with Crippen LogP contribution in [0, 0.1) is 6.92 Å². The molecule has 2 aromatic carbocycles. The van der Waals surface area contributed by atoms with Crippen molar-refractivity contribution in [2.24, 2.45) is 0 Å². The first-order chi connectivity index (χ1) is 11.5. The molecule has 0 heterocycles. The van der Waals surface area contributed by atoms with Gasteiger partial charge in [0, 0.05) is 11.6 Å². The molecule has 1 unspecified atom stereocenters. The summed E-state index contributed by atoms with van der Waals surface area (Å²) < 4.78 is 5.35.